The Kier molecular flexibility index (Phi) is 5.61. The fraction of sp³-hybridized carbons (Fsp3) is 0.0588. The van der Waals surface area contributed by atoms with Crippen LogP contribution in [-0.2, 0) is 10.1 Å². The van der Waals surface area contributed by atoms with E-state index in [4.69, 9.17) is 0 Å². The van der Waals surface area contributed by atoms with Crippen LogP contribution in [0, 0.1) is 20.2 Å². The first-order valence-electron chi connectivity index (χ1n) is 8.46. The first-order chi connectivity index (χ1) is 14.9. The molecule has 166 valence electrons. The molecule has 4 N–H and O–H groups in total. The average molecular weight is 463 g/mol. The Morgan fingerprint density at radius 3 is 2.22 bits per heavy atom. The average Bonchev–Trinajstić information content (AvgIpc) is 2.72. The molecule has 0 aliphatic heterocycles. The van der Waals surface area contributed by atoms with Gasteiger partial charge in [-0.2, -0.15) is 8.42 Å². The van der Waals surface area contributed by atoms with Gasteiger partial charge < -0.3 is 15.5 Å². The van der Waals surface area contributed by atoms with Gasteiger partial charge in [0.25, 0.3) is 15.8 Å². The van der Waals surface area contributed by atoms with Crippen molar-refractivity contribution < 1.29 is 33.0 Å². The number of non-ortho nitro benzene ring substituents is 1. The lowest BCUT2D eigenvalue weighted by atomic mass is 10.1. The van der Waals surface area contributed by atoms with Crippen LogP contribution in [0.3, 0.4) is 0 Å². The standard InChI is InChI=1S/C17H13N5O9S/c1-18-9-3-2-8-4-14(32(29,30)31)15(16(23)11(8)5-9)20-19-12-6-10(21(25)26)7-13(17(12)24)22(27)28/h2-7,18,23-24H,1H3,(H,29,30,31). The number of nitro benzene ring substituents is 2. The SMILES string of the molecule is CNc1ccc2cc(S(=O)(=O)O)c(N=Nc3cc([N+](=O)[O-])cc([N+](=O)[O-])c3O)c(O)c2c1. The summed E-state index contributed by atoms with van der Waals surface area (Å²) in [6, 6.07) is 6.67. The van der Waals surface area contributed by atoms with Gasteiger partial charge in [-0.3, -0.25) is 24.8 Å². The number of hydrogen-bond donors (Lipinski definition) is 4. The van der Waals surface area contributed by atoms with E-state index in [9.17, 15) is 43.4 Å². The molecule has 0 aliphatic carbocycles. The van der Waals surface area contributed by atoms with Crippen molar-refractivity contribution in [3.05, 3.63) is 56.6 Å². The largest absolute Gasteiger partial charge is 0.505 e. The highest BCUT2D eigenvalue weighted by molar-refractivity contribution is 7.86. The number of hydrogen-bond acceptors (Lipinski definition) is 11. The van der Waals surface area contributed by atoms with E-state index in [1.54, 1.807) is 13.1 Å². The van der Waals surface area contributed by atoms with E-state index in [0.29, 0.717) is 17.8 Å². The smallest absolute Gasteiger partial charge is 0.319 e. The molecule has 3 aromatic carbocycles. The van der Waals surface area contributed by atoms with E-state index in [1.165, 1.54) is 12.1 Å². The predicted octanol–water partition coefficient (Wildman–Crippen LogP) is 3.77. The van der Waals surface area contributed by atoms with E-state index < -0.39 is 59.1 Å². The number of fused-ring (bicyclic) bond motifs is 1. The quantitative estimate of drug-likeness (QED) is 0.179. The maximum Gasteiger partial charge on any atom is 0.319 e. The van der Waals surface area contributed by atoms with Gasteiger partial charge in [-0.15, -0.1) is 10.2 Å². The zero-order valence-electron chi connectivity index (χ0n) is 16.0. The van der Waals surface area contributed by atoms with Gasteiger partial charge in [0.2, 0.25) is 5.75 Å². The van der Waals surface area contributed by atoms with Gasteiger partial charge in [0.05, 0.1) is 15.9 Å². The van der Waals surface area contributed by atoms with Gasteiger partial charge in [-0.25, -0.2) is 0 Å². The highest BCUT2D eigenvalue weighted by Crippen LogP contribution is 2.44. The van der Waals surface area contributed by atoms with Crippen LogP contribution in [0.25, 0.3) is 10.8 Å². The van der Waals surface area contributed by atoms with E-state index >= 15 is 0 Å². The van der Waals surface area contributed by atoms with Crippen LogP contribution < -0.4 is 5.32 Å². The van der Waals surface area contributed by atoms with Crippen molar-refractivity contribution in [2.24, 2.45) is 10.2 Å². The maximum absolute atomic E-state index is 11.8. The lowest BCUT2D eigenvalue weighted by molar-refractivity contribution is -0.394. The van der Waals surface area contributed by atoms with Gasteiger partial charge in [0.1, 0.15) is 16.3 Å². The predicted molar refractivity (Wildman–Crippen MR) is 111 cm³/mol. The molecule has 14 nitrogen and oxygen atoms in total. The van der Waals surface area contributed by atoms with Crippen molar-refractivity contribution in [3.63, 3.8) is 0 Å². The molecule has 0 fully saturated rings. The first kappa shape index (κ1) is 22.3. The van der Waals surface area contributed by atoms with Crippen molar-refractivity contribution in [2.75, 3.05) is 12.4 Å². The van der Waals surface area contributed by atoms with Crippen molar-refractivity contribution >= 4 is 49.3 Å². The van der Waals surface area contributed by atoms with Crippen molar-refractivity contribution in [2.45, 2.75) is 4.90 Å². The topological polar surface area (TPSA) is 218 Å². The van der Waals surface area contributed by atoms with E-state index in [2.05, 4.69) is 15.5 Å². The molecule has 0 amide bonds. The zero-order valence-corrected chi connectivity index (χ0v) is 16.8. The monoisotopic (exact) mass is 463 g/mol. The number of nitrogens with one attached hydrogen (secondary N) is 1. The molecule has 0 saturated carbocycles. The first-order valence-corrected chi connectivity index (χ1v) is 9.90. The Balaban J connectivity index is 2.30. The molecule has 0 unspecified atom stereocenters. The summed E-state index contributed by atoms with van der Waals surface area (Å²) in [5, 5.41) is 52.9. The number of phenols is 2. The molecule has 0 heterocycles. The number of nitrogens with zero attached hydrogens (tertiary/aromatic N) is 4. The van der Waals surface area contributed by atoms with Crippen LogP contribution in [0.5, 0.6) is 11.5 Å². The summed E-state index contributed by atoms with van der Waals surface area (Å²) in [6.07, 6.45) is 0. The third-order valence-corrected chi connectivity index (χ3v) is 5.21. The van der Waals surface area contributed by atoms with Gasteiger partial charge in [0, 0.05) is 24.2 Å². The number of aromatic hydroxyl groups is 2. The second kappa shape index (κ2) is 8.05. The molecule has 15 heteroatoms. The zero-order chi connectivity index (χ0) is 23.8. The minimum atomic E-state index is -4.93. The summed E-state index contributed by atoms with van der Waals surface area (Å²) in [5.41, 5.74) is -2.77. The van der Waals surface area contributed by atoms with Gasteiger partial charge >= 0.3 is 5.69 Å². The number of nitro groups is 2. The van der Waals surface area contributed by atoms with E-state index in [0.717, 1.165) is 6.07 Å². The molecule has 0 saturated heterocycles. The molecule has 0 aliphatic rings. The normalized spacial score (nSPS) is 11.7. The number of phenolic OH excluding ortho intramolecular Hbond substituents is 2. The van der Waals surface area contributed by atoms with Crippen molar-refractivity contribution in [3.8, 4) is 11.5 Å². The number of anilines is 1. The van der Waals surface area contributed by atoms with Gasteiger partial charge in [0.15, 0.2) is 5.75 Å². The Hall–Kier alpha value is -4.37. The number of benzene rings is 3. The van der Waals surface area contributed by atoms with Crippen molar-refractivity contribution in [1.82, 2.24) is 0 Å². The molecule has 0 aromatic heterocycles. The summed E-state index contributed by atoms with van der Waals surface area (Å²) in [5.74, 6) is -1.79. The molecular formula is C17H13N5O9S. The minimum absolute atomic E-state index is 0.118. The Morgan fingerprint density at radius 1 is 0.969 bits per heavy atom. The molecule has 3 aromatic rings. The van der Waals surface area contributed by atoms with E-state index in [-0.39, 0.29) is 10.8 Å². The highest BCUT2D eigenvalue weighted by atomic mass is 32.2. The van der Waals surface area contributed by atoms with Gasteiger partial charge in [-0.05, 0) is 23.6 Å². The van der Waals surface area contributed by atoms with Crippen molar-refractivity contribution in [1.29, 1.82) is 0 Å². The lowest BCUT2D eigenvalue weighted by Gasteiger charge is -2.10. The van der Waals surface area contributed by atoms with Crippen LogP contribution in [-0.4, -0.2) is 40.1 Å². The summed E-state index contributed by atoms with van der Waals surface area (Å²) in [6.45, 7) is 0. The fourth-order valence-electron chi connectivity index (χ4n) is 2.80. The lowest BCUT2D eigenvalue weighted by Crippen LogP contribution is -1.99. The van der Waals surface area contributed by atoms with Crippen LogP contribution in [0.4, 0.5) is 28.4 Å². The summed E-state index contributed by atoms with van der Waals surface area (Å²) < 4.78 is 33.2. The summed E-state index contributed by atoms with van der Waals surface area (Å²) >= 11 is 0. The molecule has 3 rings (SSSR count). The second-order valence-electron chi connectivity index (χ2n) is 6.28. The molecule has 0 atom stereocenters. The van der Waals surface area contributed by atoms with Gasteiger partial charge in [-0.1, -0.05) is 6.07 Å². The molecular weight excluding hydrogens is 450 g/mol. The fourth-order valence-corrected chi connectivity index (χ4v) is 3.46. The second-order valence-corrected chi connectivity index (χ2v) is 7.67. The van der Waals surface area contributed by atoms with Crippen LogP contribution >= 0.6 is 0 Å². The summed E-state index contributed by atoms with van der Waals surface area (Å²) in [7, 11) is -3.33. The number of azo groups is 1. The highest BCUT2D eigenvalue weighted by Gasteiger charge is 2.25. The molecule has 0 spiro atoms. The van der Waals surface area contributed by atoms with E-state index in [1.807, 2.05) is 0 Å². The van der Waals surface area contributed by atoms with Crippen LogP contribution in [0.2, 0.25) is 0 Å². The molecule has 0 radical (unpaired) electrons. The Morgan fingerprint density at radius 2 is 1.66 bits per heavy atom. The number of rotatable bonds is 6. The Labute approximate surface area is 178 Å². The maximum atomic E-state index is 11.8. The third kappa shape index (κ3) is 4.09. The molecule has 0 bridgehead atoms. The summed E-state index contributed by atoms with van der Waals surface area (Å²) in [4.78, 5) is 19.2. The van der Waals surface area contributed by atoms with Crippen LogP contribution in [0.1, 0.15) is 0 Å². The van der Waals surface area contributed by atoms with Crippen LogP contribution in [0.15, 0.2) is 51.5 Å². The Bertz CT molecular complexity index is 1420. The molecule has 32 heavy (non-hydrogen) atoms. The third-order valence-electron chi connectivity index (χ3n) is 4.34. The minimum Gasteiger partial charge on any atom is -0.505 e.